The highest BCUT2D eigenvalue weighted by atomic mass is 15.0. The van der Waals surface area contributed by atoms with Crippen molar-refractivity contribution in [1.29, 1.82) is 0 Å². The fourth-order valence-electron chi connectivity index (χ4n) is 8.75. The van der Waals surface area contributed by atoms with Crippen LogP contribution in [-0.2, 0) is 0 Å². The van der Waals surface area contributed by atoms with Gasteiger partial charge in [-0.25, -0.2) is 0 Å². The van der Waals surface area contributed by atoms with Gasteiger partial charge in [0.15, 0.2) is 0 Å². The second-order valence-electron chi connectivity index (χ2n) is 15.4. The van der Waals surface area contributed by atoms with Crippen molar-refractivity contribution in [2.24, 2.45) is 0 Å². The number of aromatic nitrogens is 1. The molecule has 11 aromatic rings. The van der Waals surface area contributed by atoms with E-state index in [0.717, 1.165) is 5.69 Å². The average Bonchev–Trinajstić information content (AvgIpc) is 3.65. The Morgan fingerprint density at radius 1 is 0.203 bits per heavy atom. The van der Waals surface area contributed by atoms with Crippen LogP contribution in [0.15, 0.2) is 237 Å². The molecule has 0 saturated carbocycles. The van der Waals surface area contributed by atoms with Crippen LogP contribution in [0.25, 0.3) is 105 Å². The molecule has 0 N–H and O–H groups in total. The minimum absolute atomic E-state index is 1.15. The molecule has 0 radical (unpaired) electrons. The predicted molar refractivity (Wildman–Crippen MR) is 251 cm³/mol. The fourth-order valence-corrected chi connectivity index (χ4v) is 8.75. The summed E-state index contributed by atoms with van der Waals surface area (Å²) in [5, 5.41) is 4.91. The number of rotatable bonds is 7. The van der Waals surface area contributed by atoms with E-state index in [2.05, 4.69) is 241 Å². The van der Waals surface area contributed by atoms with Crippen molar-refractivity contribution in [2.45, 2.75) is 0 Å². The summed E-state index contributed by atoms with van der Waals surface area (Å²) in [4.78, 5) is 0. The molecule has 0 aliphatic heterocycles. The molecule has 0 unspecified atom stereocenters. The molecule has 0 aliphatic carbocycles. The Balaban J connectivity index is 1.14. The molecular weight excluding hydrogens is 711 g/mol. The van der Waals surface area contributed by atoms with Crippen LogP contribution < -0.4 is 0 Å². The largest absolute Gasteiger partial charge is 0.309 e. The highest BCUT2D eigenvalue weighted by molar-refractivity contribution is 6.12. The van der Waals surface area contributed by atoms with Crippen molar-refractivity contribution in [3.8, 4) is 72.4 Å². The average molecular weight is 750 g/mol. The Labute approximate surface area is 344 Å². The van der Waals surface area contributed by atoms with E-state index in [1.54, 1.807) is 0 Å². The van der Waals surface area contributed by atoms with Crippen LogP contribution in [0.3, 0.4) is 0 Å². The van der Waals surface area contributed by atoms with E-state index in [1.807, 2.05) is 0 Å². The summed E-state index contributed by atoms with van der Waals surface area (Å²) < 4.78 is 2.44. The number of nitrogens with zero attached hydrogens (tertiary/aromatic N) is 1. The van der Waals surface area contributed by atoms with Gasteiger partial charge in [0.2, 0.25) is 0 Å². The van der Waals surface area contributed by atoms with Crippen molar-refractivity contribution in [3.05, 3.63) is 237 Å². The summed E-state index contributed by atoms with van der Waals surface area (Å²) in [6.45, 7) is 0. The zero-order chi connectivity index (χ0) is 39.1. The van der Waals surface area contributed by atoms with E-state index < -0.39 is 0 Å². The van der Waals surface area contributed by atoms with Crippen molar-refractivity contribution in [2.75, 3.05) is 0 Å². The molecule has 1 nitrogen and oxygen atoms in total. The van der Waals surface area contributed by atoms with E-state index in [1.165, 1.54) is 99.3 Å². The normalized spacial score (nSPS) is 11.4. The first-order valence-electron chi connectivity index (χ1n) is 20.3. The molecule has 0 bridgehead atoms. The van der Waals surface area contributed by atoms with Crippen molar-refractivity contribution < 1.29 is 0 Å². The Morgan fingerprint density at radius 3 is 0.932 bits per heavy atom. The smallest absolute Gasteiger partial charge is 0.0541 e. The summed E-state index contributed by atoms with van der Waals surface area (Å²) in [5.41, 5.74) is 17.9. The second-order valence-corrected chi connectivity index (χ2v) is 15.4. The third-order valence-corrected chi connectivity index (χ3v) is 11.7. The number of fused-ring (bicyclic) bond motifs is 4. The van der Waals surface area contributed by atoms with E-state index in [0.29, 0.717) is 0 Å². The summed E-state index contributed by atoms with van der Waals surface area (Å²) >= 11 is 0. The van der Waals surface area contributed by atoms with Gasteiger partial charge in [-0.15, -0.1) is 0 Å². The molecule has 0 fully saturated rings. The third kappa shape index (κ3) is 6.49. The summed E-state index contributed by atoms with van der Waals surface area (Å²) in [6.07, 6.45) is 0. The Kier molecular flexibility index (Phi) is 8.56. The number of benzene rings is 10. The number of hydrogen-bond acceptors (Lipinski definition) is 0. The van der Waals surface area contributed by atoms with Crippen LogP contribution in [0, 0.1) is 0 Å². The van der Waals surface area contributed by atoms with Gasteiger partial charge in [-0.1, -0.05) is 164 Å². The maximum absolute atomic E-state index is 2.44. The van der Waals surface area contributed by atoms with E-state index in [9.17, 15) is 0 Å². The monoisotopic (exact) mass is 749 g/mol. The van der Waals surface area contributed by atoms with Crippen molar-refractivity contribution in [3.63, 3.8) is 0 Å². The van der Waals surface area contributed by atoms with Crippen molar-refractivity contribution >= 4 is 32.6 Å². The van der Waals surface area contributed by atoms with Gasteiger partial charge in [0.05, 0.1) is 11.0 Å². The molecule has 0 amide bonds. The first kappa shape index (κ1) is 34.5. The Bertz CT molecular complexity index is 2990. The van der Waals surface area contributed by atoms with Gasteiger partial charge >= 0.3 is 0 Å². The second kappa shape index (κ2) is 14.6. The molecule has 1 heteroatoms. The third-order valence-electron chi connectivity index (χ3n) is 11.7. The van der Waals surface area contributed by atoms with Crippen molar-refractivity contribution in [1.82, 2.24) is 4.57 Å². The SMILES string of the molecule is c1ccc(-c2cc(-c3ccccc3)cc(-c3ccc4c(c3)c3cc(-c5cc(-c6ccccc6)cc(-c6ccccc6)c5)ccc3n4-c3ccc4ccccc4c3)c2)cc1. The number of hydrogen-bond donors (Lipinski definition) is 0. The van der Waals surface area contributed by atoms with Gasteiger partial charge in [0.25, 0.3) is 0 Å². The highest BCUT2D eigenvalue weighted by Gasteiger charge is 2.17. The molecular formula is C58H39N. The standard InChI is InChI=1S/C58H39N/c1-5-15-40(16-6-1)48-31-49(41-17-7-2-8-18-41)34-52(33-48)46-26-29-57-55(38-46)56-39-47(27-30-58(56)59(57)54-28-25-44-23-13-14-24-45(44)37-54)53-35-50(42-19-9-3-10-20-42)32-51(36-53)43-21-11-4-12-22-43/h1-39H. The van der Waals surface area contributed by atoms with Crippen LogP contribution in [0.2, 0.25) is 0 Å². The van der Waals surface area contributed by atoms with Crippen LogP contribution in [0.4, 0.5) is 0 Å². The zero-order valence-electron chi connectivity index (χ0n) is 32.5. The molecule has 1 heterocycles. The van der Waals surface area contributed by atoms with Crippen LogP contribution in [0.1, 0.15) is 0 Å². The van der Waals surface area contributed by atoms with E-state index in [4.69, 9.17) is 0 Å². The summed E-state index contributed by atoms with van der Waals surface area (Å²) in [6, 6.07) is 86.4. The van der Waals surface area contributed by atoms with Crippen LogP contribution in [0.5, 0.6) is 0 Å². The lowest BCUT2D eigenvalue weighted by Crippen LogP contribution is -1.94. The van der Waals surface area contributed by atoms with E-state index in [-0.39, 0.29) is 0 Å². The van der Waals surface area contributed by atoms with Crippen LogP contribution >= 0.6 is 0 Å². The molecule has 0 aliphatic rings. The van der Waals surface area contributed by atoms with Gasteiger partial charge in [-0.05, 0) is 150 Å². The van der Waals surface area contributed by atoms with Crippen LogP contribution in [-0.4, -0.2) is 4.57 Å². The lowest BCUT2D eigenvalue weighted by atomic mass is 9.92. The molecule has 0 spiro atoms. The molecule has 59 heavy (non-hydrogen) atoms. The lowest BCUT2D eigenvalue weighted by molar-refractivity contribution is 1.19. The van der Waals surface area contributed by atoms with Gasteiger partial charge in [-0.2, -0.15) is 0 Å². The van der Waals surface area contributed by atoms with Gasteiger partial charge in [0.1, 0.15) is 0 Å². The maximum Gasteiger partial charge on any atom is 0.0541 e. The summed E-state index contributed by atoms with van der Waals surface area (Å²) in [7, 11) is 0. The zero-order valence-corrected chi connectivity index (χ0v) is 32.5. The molecule has 10 aromatic carbocycles. The van der Waals surface area contributed by atoms with Gasteiger partial charge in [-0.3, -0.25) is 0 Å². The highest BCUT2D eigenvalue weighted by Crippen LogP contribution is 2.41. The first-order chi connectivity index (χ1) is 29.2. The first-order valence-corrected chi connectivity index (χ1v) is 20.3. The molecule has 1 aromatic heterocycles. The minimum Gasteiger partial charge on any atom is -0.309 e. The molecule has 0 atom stereocenters. The Morgan fingerprint density at radius 2 is 0.542 bits per heavy atom. The van der Waals surface area contributed by atoms with E-state index >= 15 is 0 Å². The topological polar surface area (TPSA) is 4.93 Å². The van der Waals surface area contributed by atoms with Gasteiger partial charge < -0.3 is 4.57 Å². The Hall–Kier alpha value is -7.74. The fraction of sp³-hybridized carbons (Fsp3) is 0. The summed E-state index contributed by atoms with van der Waals surface area (Å²) in [5.74, 6) is 0. The maximum atomic E-state index is 2.44. The molecule has 276 valence electrons. The quantitative estimate of drug-likeness (QED) is 0.153. The minimum atomic E-state index is 1.15. The molecule has 11 rings (SSSR count). The predicted octanol–water partition coefficient (Wildman–Crippen LogP) is 15.9. The molecule has 0 saturated heterocycles. The lowest BCUT2D eigenvalue weighted by Gasteiger charge is -2.12. The van der Waals surface area contributed by atoms with Gasteiger partial charge in [0, 0.05) is 16.5 Å².